The molecule has 0 amide bonds. The van der Waals surface area contributed by atoms with Gasteiger partial charge >= 0.3 is 0 Å². The van der Waals surface area contributed by atoms with Gasteiger partial charge in [0.1, 0.15) is 6.10 Å². The Morgan fingerprint density at radius 2 is 1.79 bits per heavy atom. The van der Waals surface area contributed by atoms with E-state index >= 15 is 0 Å². The zero-order valence-corrected chi connectivity index (χ0v) is 8.50. The first-order valence-electron chi connectivity index (χ1n) is 5.28. The van der Waals surface area contributed by atoms with Crippen LogP contribution in [0.25, 0.3) is 0 Å². The van der Waals surface area contributed by atoms with Gasteiger partial charge in [0.15, 0.2) is 0 Å². The van der Waals surface area contributed by atoms with Crippen molar-refractivity contribution in [3.05, 3.63) is 0 Å². The molecule has 1 aliphatic carbocycles. The lowest BCUT2D eigenvalue weighted by Gasteiger charge is -2.35. The van der Waals surface area contributed by atoms with Gasteiger partial charge in [0, 0.05) is 0 Å². The molecule has 1 aliphatic rings. The predicted molar refractivity (Wildman–Crippen MR) is 51.7 cm³/mol. The van der Waals surface area contributed by atoms with Gasteiger partial charge in [-0.15, -0.1) is 0 Å². The van der Waals surface area contributed by atoms with Crippen LogP contribution in [0.1, 0.15) is 32.6 Å². The van der Waals surface area contributed by atoms with E-state index in [0.29, 0.717) is 25.7 Å². The van der Waals surface area contributed by atoms with Gasteiger partial charge in [0.25, 0.3) is 0 Å². The maximum atomic E-state index is 9.63. The summed E-state index contributed by atoms with van der Waals surface area (Å²) in [6.45, 7) is 1.88. The maximum Gasteiger partial charge on any atom is 0.106 e. The maximum absolute atomic E-state index is 9.63. The van der Waals surface area contributed by atoms with Gasteiger partial charge in [-0.2, -0.15) is 0 Å². The van der Waals surface area contributed by atoms with E-state index in [4.69, 9.17) is 0 Å². The number of aliphatic hydroxyl groups excluding tert-OH is 4. The summed E-state index contributed by atoms with van der Waals surface area (Å²) < 4.78 is 0. The molecule has 0 aromatic heterocycles. The normalized spacial score (nSPS) is 40.9. The zero-order chi connectivity index (χ0) is 10.7. The van der Waals surface area contributed by atoms with Crippen molar-refractivity contribution in [3.8, 4) is 0 Å². The Kier molecular flexibility index (Phi) is 4.31. The second-order valence-electron chi connectivity index (χ2n) is 4.18. The van der Waals surface area contributed by atoms with E-state index in [9.17, 15) is 20.4 Å². The van der Waals surface area contributed by atoms with Crippen LogP contribution in [0, 0.1) is 5.92 Å². The summed E-state index contributed by atoms with van der Waals surface area (Å²) in [5, 5.41) is 37.8. The molecule has 1 fully saturated rings. The summed E-state index contributed by atoms with van der Waals surface area (Å²) in [4.78, 5) is 0. The minimum absolute atomic E-state index is 0.0941. The number of hydrogen-bond donors (Lipinski definition) is 4. The third kappa shape index (κ3) is 2.67. The lowest BCUT2D eigenvalue weighted by Crippen LogP contribution is -2.47. The molecule has 0 bridgehead atoms. The smallest absolute Gasteiger partial charge is 0.106 e. The van der Waals surface area contributed by atoms with E-state index < -0.39 is 24.4 Å². The first-order valence-corrected chi connectivity index (χ1v) is 5.28. The van der Waals surface area contributed by atoms with Crippen LogP contribution in [0.15, 0.2) is 0 Å². The highest BCUT2D eigenvalue weighted by Gasteiger charge is 2.36. The van der Waals surface area contributed by atoms with E-state index in [0.717, 1.165) is 0 Å². The molecule has 1 saturated carbocycles. The van der Waals surface area contributed by atoms with E-state index in [1.165, 1.54) is 0 Å². The number of hydrogen-bond acceptors (Lipinski definition) is 4. The summed E-state index contributed by atoms with van der Waals surface area (Å²) in [6, 6.07) is 0. The average Bonchev–Trinajstić information content (AvgIpc) is 2.19. The highest BCUT2D eigenvalue weighted by atomic mass is 16.4. The predicted octanol–water partition coefficient (Wildman–Crippen LogP) is -0.360. The summed E-state index contributed by atoms with van der Waals surface area (Å²) in [7, 11) is 0. The molecule has 0 saturated heterocycles. The molecule has 4 N–H and O–H groups in total. The van der Waals surface area contributed by atoms with Gasteiger partial charge in [-0.3, -0.25) is 0 Å². The van der Waals surface area contributed by atoms with Gasteiger partial charge in [0.05, 0.1) is 18.3 Å². The molecule has 0 spiro atoms. The van der Waals surface area contributed by atoms with E-state index in [2.05, 4.69) is 0 Å². The average molecular weight is 204 g/mol. The molecule has 14 heavy (non-hydrogen) atoms. The molecule has 0 aliphatic heterocycles. The van der Waals surface area contributed by atoms with Crippen LogP contribution in [-0.2, 0) is 0 Å². The second kappa shape index (κ2) is 5.07. The van der Waals surface area contributed by atoms with Crippen molar-refractivity contribution in [1.29, 1.82) is 0 Å². The molecule has 4 heteroatoms. The topological polar surface area (TPSA) is 80.9 Å². The lowest BCUT2D eigenvalue weighted by molar-refractivity contribution is -0.116. The van der Waals surface area contributed by atoms with Crippen molar-refractivity contribution < 1.29 is 20.4 Å². The Morgan fingerprint density at radius 3 is 2.36 bits per heavy atom. The van der Waals surface area contributed by atoms with Crippen molar-refractivity contribution in [3.63, 3.8) is 0 Å². The molecule has 84 valence electrons. The lowest BCUT2D eigenvalue weighted by atomic mass is 9.79. The molecular weight excluding hydrogens is 184 g/mol. The fourth-order valence-electron chi connectivity index (χ4n) is 2.01. The highest BCUT2D eigenvalue weighted by Crippen LogP contribution is 2.29. The summed E-state index contributed by atoms with van der Waals surface area (Å²) >= 11 is 0. The Hall–Kier alpha value is -0.160. The first kappa shape index (κ1) is 11.9. The monoisotopic (exact) mass is 204 g/mol. The van der Waals surface area contributed by atoms with Crippen LogP contribution in [0.2, 0.25) is 0 Å². The van der Waals surface area contributed by atoms with E-state index in [1.807, 2.05) is 6.92 Å². The molecule has 1 rings (SSSR count). The molecule has 0 aromatic rings. The summed E-state index contributed by atoms with van der Waals surface area (Å²) in [6.07, 6.45) is -0.881. The van der Waals surface area contributed by atoms with Crippen LogP contribution >= 0.6 is 0 Å². The van der Waals surface area contributed by atoms with Crippen molar-refractivity contribution >= 4 is 0 Å². The van der Waals surface area contributed by atoms with Crippen molar-refractivity contribution in [2.24, 2.45) is 5.92 Å². The van der Waals surface area contributed by atoms with Gasteiger partial charge < -0.3 is 20.4 Å². The summed E-state index contributed by atoms with van der Waals surface area (Å²) in [5.41, 5.74) is 0. The molecule has 0 radical (unpaired) electrons. The van der Waals surface area contributed by atoms with Crippen LogP contribution in [0.5, 0.6) is 0 Å². The Morgan fingerprint density at radius 1 is 1.14 bits per heavy atom. The van der Waals surface area contributed by atoms with Crippen molar-refractivity contribution in [2.45, 2.75) is 57.0 Å². The van der Waals surface area contributed by atoms with Gasteiger partial charge in [-0.25, -0.2) is 0 Å². The zero-order valence-electron chi connectivity index (χ0n) is 8.50. The van der Waals surface area contributed by atoms with Crippen LogP contribution in [-0.4, -0.2) is 44.8 Å². The Labute approximate surface area is 84.2 Å². The first-order chi connectivity index (χ1) is 6.56. The number of rotatable bonds is 3. The van der Waals surface area contributed by atoms with Gasteiger partial charge in [-0.1, -0.05) is 6.92 Å². The Balaban J connectivity index is 2.46. The standard InChI is InChI=1S/C10H20O4/c1-2-7(11)5-6-3-4-8(12)10(14)9(6)13/h6-14H,2-5H2,1H3/t6-,7?,8+,9+,10+/m1/s1. The highest BCUT2D eigenvalue weighted by molar-refractivity contribution is 4.87. The minimum Gasteiger partial charge on any atom is -0.393 e. The third-order valence-electron chi connectivity index (χ3n) is 3.11. The summed E-state index contributed by atoms with van der Waals surface area (Å²) in [5.74, 6) is -0.0941. The molecule has 0 heterocycles. The third-order valence-corrected chi connectivity index (χ3v) is 3.11. The number of aliphatic hydroxyl groups is 4. The molecular formula is C10H20O4. The fraction of sp³-hybridized carbons (Fsp3) is 1.00. The van der Waals surface area contributed by atoms with Crippen LogP contribution < -0.4 is 0 Å². The van der Waals surface area contributed by atoms with E-state index in [-0.39, 0.29) is 5.92 Å². The Bertz CT molecular complexity index is 174. The van der Waals surface area contributed by atoms with Crippen molar-refractivity contribution in [1.82, 2.24) is 0 Å². The largest absolute Gasteiger partial charge is 0.393 e. The van der Waals surface area contributed by atoms with E-state index in [1.54, 1.807) is 0 Å². The van der Waals surface area contributed by atoms with Crippen molar-refractivity contribution in [2.75, 3.05) is 0 Å². The minimum atomic E-state index is -1.06. The quantitative estimate of drug-likeness (QED) is 0.506. The van der Waals surface area contributed by atoms with Gasteiger partial charge in [0.2, 0.25) is 0 Å². The second-order valence-corrected chi connectivity index (χ2v) is 4.18. The molecule has 4 nitrogen and oxygen atoms in total. The van der Waals surface area contributed by atoms with Crippen LogP contribution in [0.4, 0.5) is 0 Å². The van der Waals surface area contributed by atoms with Crippen LogP contribution in [0.3, 0.4) is 0 Å². The molecule has 0 aromatic carbocycles. The fourth-order valence-corrected chi connectivity index (χ4v) is 2.01. The molecule has 1 unspecified atom stereocenters. The van der Waals surface area contributed by atoms with Gasteiger partial charge in [-0.05, 0) is 31.6 Å². The SMILES string of the molecule is CCC(O)C[C@H]1CC[C@H](O)[C@H](O)[C@H]1O. The molecule has 5 atom stereocenters.